The molecule has 0 spiro atoms. The number of esters is 1. The topological polar surface area (TPSA) is 56.8 Å². The van der Waals surface area contributed by atoms with E-state index in [0.29, 0.717) is 13.0 Å². The van der Waals surface area contributed by atoms with E-state index >= 15 is 0 Å². The van der Waals surface area contributed by atoms with Crippen LogP contribution in [0.15, 0.2) is 12.1 Å². The molecule has 0 aromatic heterocycles. The number of benzene rings is 1. The van der Waals surface area contributed by atoms with Gasteiger partial charge in [0.15, 0.2) is 11.5 Å². The molecule has 0 saturated heterocycles. The summed E-state index contributed by atoms with van der Waals surface area (Å²) < 4.78 is 15.6. The fourth-order valence-corrected chi connectivity index (χ4v) is 2.13. The molecule has 1 aromatic carbocycles. The predicted molar refractivity (Wildman–Crippen MR) is 60.3 cm³/mol. The second-order valence-corrected chi connectivity index (χ2v) is 4.02. The van der Waals surface area contributed by atoms with E-state index in [2.05, 4.69) is 5.32 Å². The minimum Gasteiger partial charge on any atom is -0.464 e. The van der Waals surface area contributed by atoms with Gasteiger partial charge in [-0.2, -0.15) is 0 Å². The monoisotopic (exact) mass is 235 g/mol. The van der Waals surface area contributed by atoms with Crippen molar-refractivity contribution in [2.75, 3.05) is 18.7 Å². The minimum absolute atomic E-state index is 0.217. The van der Waals surface area contributed by atoms with Crippen LogP contribution >= 0.6 is 0 Å². The second-order valence-electron chi connectivity index (χ2n) is 4.02. The first kappa shape index (κ1) is 10.3. The van der Waals surface area contributed by atoms with Crippen molar-refractivity contribution in [1.29, 1.82) is 0 Å². The van der Waals surface area contributed by atoms with E-state index in [1.807, 2.05) is 12.1 Å². The molecule has 90 valence electrons. The Hall–Kier alpha value is -1.91. The van der Waals surface area contributed by atoms with Gasteiger partial charge in [-0.1, -0.05) is 0 Å². The SMILES string of the molecule is CCOC(=O)C1Cc2cc3c(cc2N1)OCO3. The van der Waals surface area contributed by atoms with Crippen LogP contribution < -0.4 is 14.8 Å². The molecule has 0 amide bonds. The Morgan fingerprint density at radius 2 is 2.24 bits per heavy atom. The van der Waals surface area contributed by atoms with Crippen LogP contribution in [0.4, 0.5) is 5.69 Å². The lowest BCUT2D eigenvalue weighted by molar-refractivity contribution is -0.143. The summed E-state index contributed by atoms with van der Waals surface area (Å²) in [5.41, 5.74) is 1.99. The maximum Gasteiger partial charge on any atom is 0.328 e. The van der Waals surface area contributed by atoms with E-state index in [1.54, 1.807) is 6.92 Å². The summed E-state index contributed by atoms with van der Waals surface area (Å²) in [5.74, 6) is 1.25. The third kappa shape index (κ3) is 1.67. The Labute approximate surface area is 98.7 Å². The van der Waals surface area contributed by atoms with Crippen molar-refractivity contribution in [3.05, 3.63) is 17.7 Å². The summed E-state index contributed by atoms with van der Waals surface area (Å²) in [6, 6.07) is 3.49. The van der Waals surface area contributed by atoms with Gasteiger partial charge in [0.25, 0.3) is 0 Å². The highest BCUT2D eigenvalue weighted by Gasteiger charge is 2.30. The normalized spacial score (nSPS) is 19.7. The minimum atomic E-state index is -0.299. The molecule has 5 heteroatoms. The molecule has 2 aliphatic rings. The van der Waals surface area contributed by atoms with E-state index in [0.717, 1.165) is 22.7 Å². The number of hydrogen-bond donors (Lipinski definition) is 1. The number of hydrogen-bond acceptors (Lipinski definition) is 5. The molecule has 17 heavy (non-hydrogen) atoms. The molecule has 1 aromatic rings. The van der Waals surface area contributed by atoms with Crippen LogP contribution in [-0.4, -0.2) is 25.4 Å². The van der Waals surface area contributed by atoms with Gasteiger partial charge in [-0.05, 0) is 18.6 Å². The number of carbonyl (C=O) groups is 1. The Morgan fingerprint density at radius 1 is 1.47 bits per heavy atom. The predicted octanol–water partition coefficient (Wildman–Crippen LogP) is 1.31. The van der Waals surface area contributed by atoms with E-state index in [-0.39, 0.29) is 18.8 Å². The van der Waals surface area contributed by atoms with Gasteiger partial charge in [0.2, 0.25) is 6.79 Å². The summed E-state index contributed by atoms with van der Waals surface area (Å²) in [6.45, 7) is 2.46. The summed E-state index contributed by atoms with van der Waals surface area (Å²) in [6.07, 6.45) is 0.630. The number of nitrogens with one attached hydrogen (secondary N) is 1. The Bertz CT molecular complexity index is 439. The van der Waals surface area contributed by atoms with Crippen LogP contribution in [0.25, 0.3) is 0 Å². The zero-order chi connectivity index (χ0) is 11.8. The highest BCUT2D eigenvalue weighted by atomic mass is 16.7. The van der Waals surface area contributed by atoms with Crippen molar-refractivity contribution in [2.45, 2.75) is 19.4 Å². The summed E-state index contributed by atoms with van der Waals surface area (Å²) in [5, 5.41) is 3.14. The largest absolute Gasteiger partial charge is 0.464 e. The number of ether oxygens (including phenoxy) is 3. The zero-order valence-electron chi connectivity index (χ0n) is 9.49. The standard InChI is InChI=1S/C12H13NO4/c1-2-15-12(14)9-3-7-4-10-11(17-6-16-10)5-8(7)13-9/h4-5,9,13H,2-3,6H2,1H3. The molecule has 1 N–H and O–H groups in total. The average molecular weight is 235 g/mol. The van der Waals surface area contributed by atoms with E-state index in [1.165, 1.54) is 0 Å². The Morgan fingerprint density at radius 3 is 3.00 bits per heavy atom. The van der Waals surface area contributed by atoms with Crippen molar-refractivity contribution in [3.8, 4) is 11.5 Å². The van der Waals surface area contributed by atoms with Crippen LogP contribution in [0.3, 0.4) is 0 Å². The first-order valence-corrected chi connectivity index (χ1v) is 5.63. The van der Waals surface area contributed by atoms with Gasteiger partial charge in [0.1, 0.15) is 6.04 Å². The number of anilines is 1. The molecule has 3 rings (SSSR count). The molecule has 5 nitrogen and oxygen atoms in total. The molecule has 0 saturated carbocycles. The lowest BCUT2D eigenvalue weighted by atomic mass is 10.1. The first-order valence-electron chi connectivity index (χ1n) is 5.63. The van der Waals surface area contributed by atoms with Crippen LogP contribution in [0, 0.1) is 0 Å². The fraction of sp³-hybridized carbons (Fsp3) is 0.417. The van der Waals surface area contributed by atoms with Crippen LogP contribution in [0.5, 0.6) is 11.5 Å². The Kier molecular flexibility index (Phi) is 2.31. The summed E-state index contributed by atoms with van der Waals surface area (Å²) in [7, 11) is 0. The van der Waals surface area contributed by atoms with Crippen molar-refractivity contribution in [2.24, 2.45) is 0 Å². The Balaban J connectivity index is 1.82. The van der Waals surface area contributed by atoms with Crippen molar-refractivity contribution < 1.29 is 19.0 Å². The van der Waals surface area contributed by atoms with Gasteiger partial charge in [-0.3, -0.25) is 0 Å². The van der Waals surface area contributed by atoms with E-state index < -0.39 is 0 Å². The molecule has 0 aliphatic carbocycles. The van der Waals surface area contributed by atoms with Gasteiger partial charge < -0.3 is 19.5 Å². The number of fused-ring (bicyclic) bond motifs is 2. The molecule has 1 atom stereocenters. The molecule has 0 bridgehead atoms. The van der Waals surface area contributed by atoms with Gasteiger partial charge in [0, 0.05) is 18.2 Å². The van der Waals surface area contributed by atoms with Gasteiger partial charge in [-0.15, -0.1) is 0 Å². The van der Waals surface area contributed by atoms with Crippen LogP contribution in [0.1, 0.15) is 12.5 Å². The molecular weight excluding hydrogens is 222 g/mol. The van der Waals surface area contributed by atoms with Gasteiger partial charge in [0.05, 0.1) is 6.61 Å². The average Bonchev–Trinajstić information content (AvgIpc) is 2.90. The molecule has 1 unspecified atom stereocenters. The third-order valence-corrected chi connectivity index (χ3v) is 2.92. The summed E-state index contributed by atoms with van der Waals surface area (Å²) in [4.78, 5) is 11.6. The third-order valence-electron chi connectivity index (χ3n) is 2.92. The zero-order valence-corrected chi connectivity index (χ0v) is 9.49. The number of carbonyl (C=O) groups excluding carboxylic acids is 1. The molecule has 0 fully saturated rings. The van der Waals surface area contributed by atoms with E-state index in [4.69, 9.17) is 14.2 Å². The quantitative estimate of drug-likeness (QED) is 0.783. The highest BCUT2D eigenvalue weighted by molar-refractivity contribution is 5.83. The van der Waals surface area contributed by atoms with Crippen LogP contribution in [-0.2, 0) is 16.0 Å². The van der Waals surface area contributed by atoms with E-state index in [9.17, 15) is 4.79 Å². The molecule has 0 radical (unpaired) electrons. The smallest absolute Gasteiger partial charge is 0.328 e. The number of rotatable bonds is 2. The van der Waals surface area contributed by atoms with Crippen molar-refractivity contribution in [1.82, 2.24) is 0 Å². The lowest BCUT2D eigenvalue weighted by Crippen LogP contribution is -2.28. The fourth-order valence-electron chi connectivity index (χ4n) is 2.13. The second kappa shape index (κ2) is 3.84. The van der Waals surface area contributed by atoms with Gasteiger partial charge >= 0.3 is 5.97 Å². The van der Waals surface area contributed by atoms with Crippen molar-refractivity contribution >= 4 is 11.7 Å². The molecular formula is C12H13NO4. The lowest BCUT2D eigenvalue weighted by Gasteiger charge is -2.09. The maximum absolute atomic E-state index is 11.6. The first-order chi connectivity index (χ1) is 8.28. The van der Waals surface area contributed by atoms with Crippen molar-refractivity contribution in [3.63, 3.8) is 0 Å². The maximum atomic E-state index is 11.6. The van der Waals surface area contributed by atoms with Crippen LogP contribution in [0.2, 0.25) is 0 Å². The molecule has 2 aliphatic heterocycles. The van der Waals surface area contributed by atoms with Gasteiger partial charge in [-0.25, -0.2) is 4.79 Å². The highest BCUT2D eigenvalue weighted by Crippen LogP contribution is 2.40. The summed E-state index contributed by atoms with van der Waals surface area (Å²) >= 11 is 0. The molecule has 2 heterocycles.